The van der Waals surface area contributed by atoms with Crippen LogP contribution in [0, 0.1) is 12.7 Å². The average molecular weight is 417 g/mol. The molecule has 0 saturated heterocycles. The fourth-order valence-corrected chi connectivity index (χ4v) is 4.50. The first-order valence-corrected chi connectivity index (χ1v) is 9.58. The Morgan fingerprint density at radius 2 is 2.10 bits per heavy atom. The number of aromatic nitrogens is 4. The highest BCUT2D eigenvalue weighted by molar-refractivity contribution is 6.30. The van der Waals surface area contributed by atoms with Gasteiger partial charge in [0.15, 0.2) is 12.4 Å². The summed E-state index contributed by atoms with van der Waals surface area (Å²) < 4.78 is 20.7. The number of aryl methyl sites for hydroxylation is 1. The number of amides is 1. The molecule has 10 heteroatoms. The number of hydrogen-bond acceptors (Lipinski definition) is 6. The maximum atomic E-state index is 13.4. The van der Waals surface area contributed by atoms with Crippen molar-refractivity contribution in [1.82, 2.24) is 24.9 Å². The highest BCUT2D eigenvalue weighted by Crippen LogP contribution is 2.61. The number of halogens is 2. The van der Waals surface area contributed by atoms with Gasteiger partial charge < -0.3 is 15.4 Å². The van der Waals surface area contributed by atoms with Crippen molar-refractivity contribution in [3.05, 3.63) is 47.3 Å². The Bertz CT molecular complexity index is 1110. The van der Waals surface area contributed by atoms with E-state index in [0.717, 1.165) is 31.2 Å². The first-order valence-electron chi connectivity index (χ1n) is 9.21. The molecular weight excluding hydrogens is 399 g/mol. The largest absolute Gasteiger partial charge is 0.484 e. The molecule has 3 aliphatic rings. The van der Waals surface area contributed by atoms with Crippen molar-refractivity contribution in [2.75, 3.05) is 11.9 Å². The number of fused-ring (bicyclic) bond motifs is 1. The molecule has 3 fully saturated rings. The Hall–Kier alpha value is -2.94. The van der Waals surface area contributed by atoms with E-state index in [-0.39, 0.29) is 34.4 Å². The Morgan fingerprint density at radius 3 is 2.86 bits per heavy atom. The zero-order valence-corrected chi connectivity index (χ0v) is 16.3. The summed E-state index contributed by atoms with van der Waals surface area (Å²) in [5.41, 5.74) is 0.395. The van der Waals surface area contributed by atoms with Gasteiger partial charge in [-0.1, -0.05) is 11.6 Å². The quantitative estimate of drug-likeness (QED) is 0.641. The van der Waals surface area contributed by atoms with Crippen LogP contribution in [0.4, 0.5) is 10.2 Å². The maximum absolute atomic E-state index is 13.4. The molecule has 0 atom stereocenters. The molecule has 0 spiro atoms. The molecule has 3 aliphatic carbocycles. The minimum absolute atomic E-state index is 0.0138. The van der Waals surface area contributed by atoms with Crippen molar-refractivity contribution < 1.29 is 13.9 Å². The normalized spacial score (nSPS) is 24.5. The third-order valence-corrected chi connectivity index (χ3v) is 5.88. The second kappa shape index (κ2) is 6.28. The molecule has 0 aliphatic heterocycles. The van der Waals surface area contributed by atoms with Gasteiger partial charge >= 0.3 is 0 Å². The molecule has 150 valence electrons. The number of carbonyl (C=O) groups is 1. The van der Waals surface area contributed by atoms with Gasteiger partial charge in [-0.25, -0.2) is 9.37 Å². The van der Waals surface area contributed by atoms with Crippen LogP contribution < -0.4 is 15.4 Å². The van der Waals surface area contributed by atoms with Gasteiger partial charge in [-0.05, 0) is 38.3 Å². The van der Waals surface area contributed by atoms with Gasteiger partial charge in [-0.2, -0.15) is 0 Å². The van der Waals surface area contributed by atoms with Crippen LogP contribution in [0.2, 0.25) is 5.02 Å². The minimum Gasteiger partial charge on any atom is -0.484 e. The van der Waals surface area contributed by atoms with Crippen molar-refractivity contribution >= 4 is 29.0 Å². The summed E-state index contributed by atoms with van der Waals surface area (Å²) in [6.07, 6.45) is 5.95. The smallest absolute Gasteiger partial charge is 0.258 e. The number of nitrogens with zero attached hydrogens (tertiary/aromatic N) is 4. The zero-order chi connectivity index (χ0) is 20.2. The Morgan fingerprint density at radius 1 is 1.31 bits per heavy atom. The summed E-state index contributed by atoms with van der Waals surface area (Å²) >= 11 is 5.64. The molecule has 8 nitrogen and oxygen atoms in total. The number of anilines is 1. The molecule has 2 bridgehead atoms. The summed E-state index contributed by atoms with van der Waals surface area (Å²) in [6.45, 7) is 1.71. The molecule has 0 radical (unpaired) electrons. The number of rotatable bonds is 6. The van der Waals surface area contributed by atoms with Crippen LogP contribution in [0.15, 0.2) is 30.6 Å². The zero-order valence-electron chi connectivity index (χ0n) is 15.6. The third-order valence-electron chi connectivity index (χ3n) is 5.58. The second-order valence-electron chi connectivity index (χ2n) is 7.85. The maximum Gasteiger partial charge on any atom is 0.258 e. The molecule has 1 aromatic carbocycles. The van der Waals surface area contributed by atoms with Crippen LogP contribution in [0.5, 0.6) is 5.75 Å². The standard InChI is InChI=1S/C19H18ClFN6O2/c1-11-25-26-17-16(22-4-5-27(11)17)24-19-8-18(9-19,10-19)23-15(28)7-29-12-2-3-13(20)14(21)6-12/h2-6H,7-10H2,1H3,(H,22,24)(H,23,28). The number of nitrogens with one attached hydrogen (secondary N) is 2. The molecule has 1 amide bonds. The first-order chi connectivity index (χ1) is 13.9. The molecular formula is C19H18ClFN6O2. The van der Waals surface area contributed by atoms with E-state index >= 15 is 0 Å². The summed E-state index contributed by atoms with van der Waals surface area (Å²) in [7, 11) is 0. The van der Waals surface area contributed by atoms with Crippen LogP contribution in [0.1, 0.15) is 25.1 Å². The lowest BCUT2D eigenvalue weighted by Gasteiger charge is -2.70. The van der Waals surface area contributed by atoms with Crippen molar-refractivity contribution in [2.45, 2.75) is 37.3 Å². The predicted octanol–water partition coefficient (Wildman–Crippen LogP) is 2.51. The third kappa shape index (κ3) is 3.05. The number of ether oxygens (including phenoxy) is 1. The van der Waals surface area contributed by atoms with E-state index in [1.165, 1.54) is 12.1 Å². The highest BCUT2D eigenvalue weighted by Gasteiger charge is 2.69. The SMILES string of the molecule is Cc1nnc2c(NC34CC(NC(=O)COc5ccc(Cl)c(F)c5)(C3)C4)nccn12. The summed E-state index contributed by atoms with van der Waals surface area (Å²) in [5.74, 6) is 0.944. The van der Waals surface area contributed by atoms with Crippen molar-refractivity contribution in [3.8, 4) is 5.75 Å². The molecule has 6 rings (SSSR count). The number of benzene rings is 1. The minimum atomic E-state index is -0.580. The Labute approximate surface area is 170 Å². The summed E-state index contributed by atoms with van der Waals surface area (Å²) in [4.78, 5) is 16.6. The Kier molecular flexibility index (Phi) is 3.92. The lowest BCUT2D eigenvalue weighted by Crippen LogP contribution is -2.81. The van der Waals surface area contributed by atoms with Gasteiger partial charge in [0, 0.05) is 29.5 Å². The van der Waals surface area contributed by atoms with Gasteiger partial charge in [0.05, 0.1) is 5.02 Å². The van der Waals surface area contributed by atoms with Crippen LogP contribution in [-0.2, 0) is 4.79 Å². The van der Waals surface area contributed by atoms with E-state index in [9.17, 15) is 9.18 Å². The van der Waals surface area contributed by atoms with E-state index < -0.39 is 5.82 Å². The summed E-state index contributed by atoms with van der Waals surface area (Å²) in [5, 5.41) is 14.8. The van der Waals surface area contributed by atoms with Crippen LogP contribution >= 0.6 is 11.6 Å². The van der Waals surface area contributed by atoms with Gasteiger partial charge in [0.2, 0.25) is 5.65 Å². The summed E-state index contributed by atoms with van der Waals surface area (Å²) in [6, 6.07) is 4.08. The van der Waals surface area contributed by atoms with Crippen molar-refractivity contribution in [1.29, 1.82) is 0 Å². The topological polar surface area (TPSA) is 93.4 Å². The fourth-order valence-electron chi connectivity index (χ4n) is 4.38. The van der Waals surface area contributed by atoms with Crippen LogP contribution in [0.3, 0.4) is 0 Å². The second-order valence-corrected chi connectivity index (χ2v) is 8.25. The highest BCUT2D eigenvalue weighted by atomic mass is 35.5. The van der Waals surface area contributed by atoms with E-state index in [0.29, 0.717) is 11.5 Å². The van der Waals surface area contributed by atoms with Crippen molar-refractivity contribution in [3.63, 3.8) is 0 Å². The molecule has 29 heavy (non-hydrogen) atoms. The van der Waals surface area contributed by atoms with Gasteiger partial charge in [0.25, 0.3) is 5.91 Å². The predicted molar refractivity (Wildman–Crippen MR) is 104 cm³/mol. The van der Waals surface area contributed by atoms with Crippen LogP contribution in [0.25, 0.3) is 5.65 Å². The van der Waals surface area contributed by atoms with Crippen molar-refractivity contribution in [2.24, 2.45) is 0 Å². The van der Waals surface area contributed by atoms with Crippen LogP contribution in [-0.4, -0.2) is 43.2 Å². The van der Waals surface area contributed by atoms with E-state index in [1.807, 2.05) is 17.5 Å². The molecule has 2 aromatic heterocycles. The van der Waals surface area contributed by atoms with Gasteiger partial charge in [-0.3, -0.25) is 9.20 Å². The number of carbonyl (C=O) groups excluding carboxylic acids is 1. The molecule has 3 saturated carbocycles. The Balaban J connectivity index is 1.16. The van der Waals surface area contributed by atoms with Gasteiger partial charge in [0.1, 0.15) is 17.4 Å². The average Bonchev–Trinajstić information content (AvgIpc) is 3.02. The molecule has 2 N–H and O–H groups in total. The lowest BCUT2D eigenvalue weighted by molar-refractivity contribution is -0.135. The first kappa shape index (κ1) is 18.1. The van der Waals surface area contributed by atoms with Gasteiger partial charge in [-0.15, -0.1) is 10.2 Å². The van der Waals surface area contributed by atoms with E-state index in [1.54, 1.807) is 6.20 Å². The molecule has 0 unspecified atom stereocenters. The molecule has 3 aromatic rings. The fraction of sp³-hybridized carbons (Fsp3) is 0.368. The monoisotopic (exact) mass is 416 g/mol. The van der Waals surface area contributed by atoms with E-state index in [2.05, 4.69) is 25.8 Å². The number of hydrogen-bond donors (Lipinski definition) is 2. The molecule has 2 heterocycles. The lowest BCUT2D eigenvalue weighted by atomic mass is 9.44. The van der Waals surface area contributed by atoms with E-state index in [4.69, 9.17) is 16.3 Å².